The van der Waals surface area contributed by atoms with E-state index >= 15 is 0 Å². The number of nitrogens with one attached hydrogen (secondary N) is 1. The second-order valence-corrected chi connectivity index (χ2v) is 4.38. The third-order valence-electron chi connectivity index (χ3n) is 3.14. The van der Waals surface area contributed by atoms with E-state index in [9.17, 15) is 0 Å². The molecule has 0 radical (unpaired) electrons. The summed E-state index contributed by atoms with van der Waals surface area (Å²) >= 11 is 0. The first kappa shape index (κ1) is 10.4. The molecule has 0 amide bonds. The van der Waals surface area contributed by atoms with E-state index in [0.29, 0.717) is 5.41 Å². The van der Waals surface area contributed by atoms with Crippen molar-refractivity contribution in [1.29, 1.82) is 0 Å². The number of rotatable bonds is 5. The van der Waals surface area contributed by atoms with Crippen LogP contribution >= 0.6 is 0 Å². The summed E-state index contributed by atoms with van der Waals surface area (Å²) in [6.07, 6.45) is 7.12. The predicted octanol–water partition coefficient (Wildman–Crippen LogP) is 1.33. The summed E-state index contributed by atoms with van der Waals surface area (Å²) in [6.45, 7) is 3.72. The molecule has 1 aliphatic rings. The molecule has 1 saturated carbocycles. The molecule has 1 aliphatic carbocycles. The van der Waals surface area contributed by atoms with Crippen molar-refractivity contribution >= 4 is 5.82 Å². The fourth-order valence-corrected chi connectivity index (χ4v) is 1.85. The van der Waals surface area contributed by atoms with E-state index in [-0.39, 0.29) is 0 Å². The standard InChI is InChI=1S/C11H18N4/c1-9-10(14-7-6-13-9)15-8-11(2-3-11)4-5-12/h6-7H,2-5,8,12H2,1H3,(H,14,15). The maximum Gasteiger partial charge on any atom is 0.147 e. The van der Waals surface area contributed by atoms with E-state index in [1.165, 1.54) is 12.8 Å². The number of anilines is 1. The highest BCUT2D eigenvalue weighted by Crippen LogP contribution is 2.48. The van der Waals surface area contributed by atoms with Gasteiger partial charge in [0.2, 0.25) is 0 Å². The first-order valence-electron chi connectivity index (χ1n) is 5.47. The van der Waals surface area contributed by atoms with Crippen LogP contribution in [-0.4, -0.2) is 23.1 Å². The second-order valence-electron chi connectivity index (χ2n) is 4.38. The molecule has 1 aromatic rings. The van der Waals surface area contributed by atoms with Crippen molar-refractivity contribution < 1.29 is 0 Å². The summed E-state index contributed by atoms with van der Waals surface area (Å²) in [7, 11) is 0. The summed E-state index contributed by atoms with van der Waals surface area (Å²) in [6, 6.07) is 0. The monoisotopic (exact) mass is 206 g/mol. The summed E-state index contributed by atoms with van der Waals surface area (Å²) < 4.78 is 0. The smallest absolute Gasteiger partial charge is 0.147 e. The van der Waals surface area contributed by atoms with Crippen molar-refractivity contribution in [1.82, 2.24) is 9.97 Å². The van der Waals surface area contributed by atoms with E-state index in [4.69, 9.17) is 5.73 Å². The normalized spacial score (nSPS) is 17.5. The fraction of sp³-hybridized carbons (Fsp3) is 0.636. The van der Waals surface area contributed by atoms with Crippen LogP contribution in [0.25, 0.3) is 0 Å². The molecule has 4 heteroatoms. The Hall–Kier alpha value is -1.16. The zero-order chi connectivity index (χ0) is 10.7. The Morgan fingerprint density at radius 1 is 1.40 bits per heavy atom. The lowest BCUT2D eigenvalue weighted by Gasteiger charge is -2.15. The highest BCUT2D eigenvalue weighted by Gasteiger charge is 2.41. The molecule has 82 valence electrons. The van der Waals surface area contributed by atoms with Crippen molar-refractivity contribution in [3.05, 3.63) is 18.1 Å². The summed E-state index contributed by atoms with van der Waals surface area (Å²) in [4.78, 5) is 8.46. The van der Waals surface area contributed by atoms with E-state index < -0.39 is 0 Å². The molecule has 1 fully saturated rings. The molecule has 1 aromatic heterocycles. The Labute approximate surface area is 90.3 Å². The highest BCUT2D eigenvalue weighted by molar-refractivity contribution is 5.38. The van der Waals surface area contributed by atoms with Crippen molar-refractivity contribution in [3.8, 4) is 0 Å². The van der Waals surface area contributed by atoms with Crippen LogP contribution < -0.4 is 11.1 Å². The summed E-state index contributed by atoms with van der Waals surface area (Å²) in [5.74, 6) is 0.904. The van der Waals surface area contributed by atoms with Gasteiger partial charge in [0, 0.05) is 18.9 Å². The molecule has 0 aliphatic heterocycles. The topological polar surface area (TPSA) is 63.8 Å². The second kappa shape index (κ2) is 4.14. The van der Waals surface area contributed by atoms with Gasteiger partial charge >= 0.3 is 0 Å². The SMILES string of the molecule is Cc1nccnc1NCC1(CCN)CC1. The van der Waals surface area contributed by atoms with E-state index in [2.05, 4.69) is 15.3 Å². The van der Waals surface area contributed by atoms with Crippen molar-refractivity contribution in [2.75, 3.05) is 18.4 Å². The quantitative estimate of drug-likeness (QED) is 0.762. The zero-order valence-electron chi connectivity index (χ0n) is 9.16. The zero-order valence-corrected chi connectivity index (χ0v) is 9.16. The minimum Gasteiger partial charge on any atom is -0.368 e. The number of hydrogen-bond donors (Lipinski definition) is 2. The van der Waals surface area contributed by atoms with Crippen LogP contribution in [0.1, 0.15) is 25.0 Å². The average Bonchev–Trinajstić information content (AvgIpc) is 2.98. The van der Waals surface area contributed by atoms with Gasteiger partial charge in [-0.25, -0.2) is 4.98 Å². The van der Waals surface area contributed by atoms with Gasteiger partial charge in [0.15, 0.2) is 0 Å². The number of aryl methyl sites for hydroxylation is 1. The van der Waals surface area contributed by atoms with Gasteiger partial charge in [-0.05, 0) is 38.1 Å². The predicted molar refractivity (Wildman–Crippen MR) is 60.6 cm³/mol. The maximum absolute atomic E-state index is 5.60. The Bertz CT molecular complexity index is 333. The molecule has 0 unspecified atom stereocenters. The Morgan fingerprint density at radius 3 is 2.73 bits per heavy atom. The van der Waals surface area contributed by atoms with Crippen LogP contribution in [0.15, 0.2) is 12.4 Å². The third kappa shape index (κ3) is 2.45. The molecule has 3 N–H and O–H groups in total. The van der Waals surface area contributed by atoms with Gasteiger partial charge in [-0.3, -0.25) is 4.98 Å². The van der Waals surface area contributed by atoms with Crippen LogP contribution in [0.5, 0.6) is 0 Å². The van der Waals surface area contributed by atoms with Gasteiger partial charge in [-0.15, -0.1) is 0 Å². The van der Waals surface area contributed by atoms with Gasteiger partial charge in [-0.2, -0.15) is 0 Å². The lowest BCUT2D eigenvalue weighted by atomic mass is 10.0. The van der Waals surface area contributed by atoms with E-state index in [1.54, 1.807) is 12.4 Å². The van der Waals surface area contributed by atoms with E-state index in [1.807, 2.05) is 6.92 Å². The third-order valence-corrected chi connectivity index (χ3v) is 3.14. The lowest BCUT2D eigenvalue weighted by molar-refractivity contribution is 0.500. The minimum atomic E-state index is 0.443. The molecule has 0 bridgehead atoms. The first-order valence-corrected chi connectivity index (χ1v) is 5.47. The van der Waals surface area contributed by atoms with Gasteiger partial charge in [0.1, 0.15) is 5.82 Å². The maximum atomic E-state index is 5.60. The van der Waals surface area contributed by atoms with Crippen molar-refractivity contribution in [3.63, 3.8) is 0 Å². The van der Waals surface area contributed by atoms with Crippen LogP contribution in [0.2, 0.25) is 0 Å². The Morgan fingerprint density at radius 2 is 2.13 bits per heavy atom. The molecule has 4 nitrogen and oxygen atoms in total. The van der Waals surface area contributed by atoms with E-state index in [0.717, 1.165) is 31.0 Å². The average molecular weight is 206 g/mol. The molecular formula is C11H18N4. The number of aromatic nitrogens is 2. The van der Waals surface area contributed by atoms with Crippen LogP contribution in [-0.2, 0) is 0 Å². The minimum absolute atomic E-state index is 0.443. The fourth-order valence-electron chi connectivity index (χ4n) is 1.85. The van der Waals surface area contributed by atoms with Gasteiger partial charge in [-0.1, -0.05) is 0 Å². The van der Waals surface area contributed by atoms with Crippen molar-refractivity contribution in [2.45, 2.75) is 26.2 Å². The number of nitrogens with two attached hydrogens (primary N) is 1. The lowest BCUT2D eigenvalue weighted by Crippen LogP contribution is -2.20. The molecule has 0 saturated heterocycles. The van der Waals surface area contributed by atoms with Gasteiger partial charge in [0.05, 0.1) is 5.69 Å². The van der Waals surface area contributed by atoms with Crippen LogP contribution in [0.3, 0.4) is 0 Å². The largest absolute Gasteiger partial charge is 0.368 e. The first-order chi connectivity index (χ1) is 7.26. The summed E-state index contributed by atoms with van der Waals surface area (Å²) in [5.41, 5.74) is 7.00. The molecule has 15 heavy (non-hydrogen) atoms. The number of hydrogen-bond acceptors (Lipinski definition) is 4. The van der Waals surface area contributed by atoms with Crippen LogP contribution in [0.4, 0.5) is 5.82 Å². The molecule has 0 aromatic carbocycles. The molecule has 1 heterocycles. The summed E-state index contributed by atoms with van der Waals surface area (Å²) in [5, 5.41) is 3.37. The molecular weight excluding hydrogens is 188 g/mol. The molecule has 0 atom stereocenters. The van der Waals surface area contributed by atoms with Gasteiger partial charge in [0.25, 0.3) is 0 Å². The van der Waals surface area contributed by atoms with Gasteiger partial charge < -0.3 is 11.1 Å². The molecule has 0 spiro atoms. The highest BCUT2D eigenvalue weighted by atomic mass is 15.0. The van der Waals surface area contributed by atoms with Crippen molar-refractivity contribution in [2.24, 2.45) is 11.1 Å². The Balaban J connectivity index is 1.91. The Kier molecular flexibility index (Phi) is 2.86. The number of nitrogens with zero attached hydrogens (tertiary/aromatic N) is 2. The molecule has 2 rings (SSSR count). The van der Waals surface area contributed by atoms with Crippen LogP contribution in [0, 0.1) is 12.3 Å².